The maximum Gasteiger partial charge on any atom is 0.331 e. The number of rotatable bonds is 8. The third kappa shape index (κ3) is 6.30. The molecule has 1 aliphatic rings. The Labute approximate surface area is 165 Å². The molecule has 144 valence electrons. The molecule has 0 aliphatic carbocycles. The summed E-state index contributed by atoms with van der Waals surface area (Å²) in [5.41, 5.74) is 0.737. The van der Waals surface area contributed by atoms with E-state index in [-0.39, 0.29) is 10.1 Å². The molecule has 0 bridgehead atoms. The number of nitrogens with zero attached hydrogens (tertiary/aromatic N) is 2. The van der Waals surface area contributed by atoms with Crippen molar-refractivity contribution in [1.82, 2.24) is 5.32 Å². The van der Waals surface area contributed by atoms with Crippen molar-refractivity contribution in [1.29, 1.82) is 0 Å². The van der Waals surface area contributed by atoms with E-state index in [1.807, 2.05) is 0 Å². The van der Waals surface area contributed by atoms with E-state index in [4.69, 9.17) is 21.1 Å². The van der Waals surface area contributed by atoms with Gasteiger partial charge >= 0.3 is 5.97 Å². The Morgan fingerprint density at radius 2 is 2.15 bits per heavy atom. The summed E-state index contributed by atoms with van der Waals surface area (Å²) in [7, 11) is 2.79. The summed E-state index contributed by atoms with van der Waals surface area (Å²) in [5.74, 6) is 0.642. The van der Waals surface area contributed by atoms with Gasteiger partial charge in [0.15, 0.2) is 16.7 Å². The smallest absolute Gasteiger partial charge is 0.331 e. The molecular weight excluding hydrogens is 394 g/mol. The lowest BCUT2D eigenvalue weighted by Crippen LogP contribution is -2.19. The Balaban J connectivity index is 2.06. The number of benzene rings is 1. The summed E-state index contributed by atoms with van der Waals surface area (Å²) in [5, 5.41) is 10.7. The molecule has 1 aromatic carbocycles. The molecule has 1 aromatic rings. The first-order valence-corrected chi connectivity index (χ1v) is 9.19. The van der Waals surface area contributed by atoms with E-state index in [2.05, 4.69) is 20.3 Å². The number of halogens is 1. The fourth-order valence-electron chi connectivity index (χ4n) is 1.91. The van der Waals surface area contributed by atoms with Crippen LogP contribution in [-0.4, -0.2) is 50.0 Å². The molecule has 0 radical (unpaired) electrons. The first-order valence-electron chi connectivity index (χ1n) is 7.84. The van der Waals surface area contributed by atoms with Crippen LogP contribution < -0.4 is 14.8 Å². The van der Waals surface area contributed by atoms with Crippen molar-refractivity contribution >= 4 is 46.6 Å². The standard InChI is InChI=1S/C17H18ClN3O5S/c1-24-12-5-4-11(8-13(12)26-7-3-6-18)10-19-21-17-20-16(23)14(27-17)9-15(22)25-2/h4-5,8-10H,3,6-7H2,1-2H3,(H,20,21,23)/b14-9+,19-10?. The van der Waals surface area contributed by atoms with Crippen LogP contribution in [0.3, 0.4) is 0 Å². The van der Waals surface area contributed by atoms with Crippen molar-refractivity contribution in [3.63, 3.8) is 0 Å². The molecule has 1 heterocycles. The minimum atomic E-state index is -0.614. The second-order valence-electron chi connectivity index (χ2n) is 5.04. The molecule has 2 rings (SSSR count). The molecule has 0 aromatic heterocycles. The van der Waals surface area contributed by atoms with Crippen LogP contribution in [0.1, 0.15) is 12.0 Å². The number of nitrogens with one attached hydrogen (secondary N) is 1. The normalized spacial score (nSPS) is 16.8. The number of carbonyl (C=O) groups is 2. The van der Waals surface area contributed by atoms with Crippen LogP contribution in [0.2, 0.25) is 0 Å². The predicted molar refractivity (Wildman–Crippen MR) is 105 cm³/mol. The van der Waals surface area contributed by atoms with Gasteiger partial charge in [0.25, 0.3) is 5.91 Å². The Bertz CT molecular complexity index is 795. The Hall–Kier alpha value is -2.52. The molecule has 1 saturated heterocycles. The minimum Gasteiger partial charge on any atom is -0.493 e. The summed E-state index contributed by atoms with van der Waals surface area (Å²) >= 11 is 6.65. The lowest BCUT2D eigenvalue weighted by molar-refractivity contribution is -0.135. The molecule has 8 nitrogen and oxygen atoms in total. The van der Waals surface area contributed by atoms with Gasteiger partial charge in [-0.25, -0.2) is 4.79 Å². The number of amidine groups is 1. The van der Waals surface area contributed by atoms with Crippen LogP contribution in [0.5, 0.6) is 11.5 Å². The number of hydrogen-bond donors (Lipinski definition) is 1. The molecule has 10 heteroatoms. The summed E-state index contributed by atoms with van der Waals surface area (Å²) < 4.78 is 15.4. The van der Waals surface area contributed by atoms with Crippen LogP contribution in [0.4, 0.5) is 0 Å². The van der Waals surface area contributed by atoms with E-state index in [0.717, 1.165) is 29.8 Å². The Morgan fingerprint density at radius 3 is 2.85 bits per heavy atom. The van der Waals surface area contributed by atoms with Gasteiger partial charge in [-0.2, -0.15) is 5.10 Å². The fourth-order valence-corrected chi connectivity index (χ4v) is 2.76. The third-order valence-electron chi connectivity index (χ3n) is 3.18. The molecule has 1 amide bonds. The zero-order valence-electron chi connectivity index (χ0n) is 14.7. The van der Waals surface area contributed by atoms with Crippen LogP contribution >= 0.6 is 23.4 Å². The van der Waals surface area contributed by atoms with Gasteiger partial charge in [0.05, 0.1) is 31.9 Å². The molecule has 27 heavy (non-hydrogen) atoms. The van der Waals surface area contributed by atoms with E-state index in [1.165, 1.54) is 13.3 Å². The molecule has 0 atom stereocenters. The van der Waals surface area contributed by atoms with Crippen molar-refractivity contribution in [2.75, 3.05) is 26.7 Å². The van der Waals surface area contributed by atoms with Crippen molar-refractivity contribution in [3.8, 4) is 11.5 Å². The topological polar surface area (TPSA) is 98.6 Å². The average Bonchev–Trinajstić information content (AvgIpc) is 3.01. The Morgan fingerprint density at radius 1 is 1.33 bits per heavy atom. The summed E-state index contributed by atoms with van der Waals surface area (Å²) in [6, 6.07) is 5.31. The highest BCUT2D eigenvalue weighted by atomic mass is 35.5. The van der Waals surface area contributed by atoms with Crippen LogP contribution in [0.25, 0.3) is 0 Å². The Kier molecular flexibility index (Phi) is 8.15. The largest absolute Gasteiger partial charge is 0.493 e. The number of alkyl halides is 1. The maximum absolute atomic E-state index is 11.7. The number of carbonyl (C=O) groups excluding carboxylic acids is 2. The summed E-state index contributed by atoms with van der Waals surface area (Å²) in [4.78, 5) is 23.1. The van der Waals surface area contributed by atoms with Crippen molar-refractivity contribution < 1.29 is 23.8 Å². The lowest BCUT2D eigenvalue weighted by atomic mass is 10.2. The zero-order chi connectivity index (χ0) is 19.6. The van der Waals surface area contributed by atoms with Crippen LogP contribution in [0, 0.1) is 0 Å². The molecule has 0 saturated carbocycles. The number of hydrogen-bond acceptors (Lipinski definition) is 8. The highest BCUT2D eigenvalue weighted by Gasteiger charge is 2.24. The zero-order valence-corrected chi connectivity index (χ0v) is 16.3. The van der Waals surface area contributed by atoms with E-state index < -0.39 is 11.9 Å². The second-order valence-corrected chi connectivity index (χ2v) is 6.45. The third-order valence-corrected chi connectivity index (χ3v) is 4.35. The van der Waals surface area contributed by atoms with Gasteiger partial charge in [0, 0.05) is 12.0 Å². The maximum atomic E-state index is 11.7. The first-order chi connectivity index (χ1) is 13.1. The van der Waals surface area contributed by atoms with Crippen molar-refractivity contribution in [2.24, 2.45) is 10.2 Å². The van der Waals surface area contributed by atoms with E-state index in [1.54, 1.807) is 25.3 Å². The molecule has 0 unspecified atom stereocenters. The van der Waals surface area contributed by atoms with Gasteiger partial charge in [-0.1, -0.05) is 0 Å². The van der Waals surface area contributed by atoms with Crippen molar-refractivity contribution in [2.45, 2.75) is 6.42 Å². The van der Waals surface area contributed by atoms with E-state index in [9.17, 15) is 9.59 Å². The van der Waals surface area contributed by atoms with Gasteiger partial charge in [-0.05, 0) is 41.9 Å². The number of thioether (sulfide) groups is 1. The van der Waals surface area contributed by atoms with Crippen LogP contribution in [-0.2, 0) is 14.3 Å². The highest BCUT2D eigenvalue weighted by Crippen LogP contribution is 2.28. The molecule has 1 aliphatic heterocycles. The van der Waals surface area contributed by atoms with Crippen LogP contribution in [0.15, 0.2) is 39.4 Å². The summed E-state index contributed by atoms with van der Waals surface area (Å²) in [6.45, 7) is 0.473. The lowest BCUT2D eigenvalue weighted by Gasteiger charge is -2.10. The number of ether oxygens (including phenoxy) is 3. The number of amides is 1. The molecule has 1 fully saturated rings. The number of esters is 1. The molecule has 1 N–H and O–H groups in total. The highest BCUT2D eigenvalue weighted by molar-refractivity contribution is 8.18. The van der Waals surface area contributed by atoms with Crippen molar-refractivity contribution in [3.05, 3.63) is 34.7 Å². The SMILES string of the molecule is COC(=O)/C=C1/S/C(=N\N=Cc2ccc(OC)c(OCCCCl)c2)NC1=O. The van der Waals surface area contributed by atoms with Gasteiger partial charge in [-0.15, -0.1) is 16.7 Å². The van der Waals surface area contributed by atoms with E-state index >= 15 is 0 Å². The first kappa shape index (κ1) is 20.8. The van der Waals surface area contributed by atoms with Gasteiger partial charge in [0.1, 0.15) is 0 Å². The second kappa shape index (κ2) is 10.6. The van der Waals surface area contributed by atoms with E-state index in [0.29, 0.717) is 24.0 Å². The number of methoxy groups -OCH3 is 2. The van der Waals surface area contributed by atoms with Gasteiger partial charge in [0.2, 0.25) is 0 Å². The molecule has 0 spiro atoms. The monoisotopic (exact) mass is 411 g/mol. The molecular formula is C17H18ClN3O5S. The quantitative estimate of drug-likeness (QED) is 0.176. The minimum absolute atomic E-state index is 0.190. The van der Waals surface area contributed by atoms with Gasteiger partial charge < -0.3 is 14.2 Å². The average molecular weight is 412 g/mol. The predicted octanol–water partition coefficient (Wildman–Crippen LogP) is 2.31. The summed E-state index contributed by atoms with van der Waals surface area (Å²) in [6.07, 6.45) is 3.32. The van der Waals surface area contributed by atoms with Gasteiger partial charge in [-0.3, -0.25) is 10.1 Å². The fraction of sp³-hybridized carbons (Fsp3) is 0.294.